The van der Waals surface area contributed by atoms with Gasteiger partial charge in [0.05, 0.1) is 32.3 Å². The Labute approximate surface area is 191 Å². The second-order valence-corrected chi connectivity index (χ2v) is 8.34. The Morgan fingerprint density at radius 2 is 1.70 bits per heavy atom. The van der Waals surface area contributed by atoms with E-state index in [1.807, 2.05) is 24.3 Å². The SMILES string of the molecule is COc1ccc(C2C(C(=O)O)C(c3ccc4c(c3)OCO4)CN2C(=O)N2CCOCC2)cc1. The minimum Gasteiger partial charge on any atom is -0.497 e. The lowest BCUT2D eigenvalue weighted by atomic mass is 9.83. The number of carbonyl (C=O) groups is 2. The number of aliphatic carboxylic acids is 1. The monoisotopic (exact) mass is 454 g/mol. The average molecular weight is 454 g/mol. The van der Waals surface area contributed by atoms with E-state index < -0.39 is 23.8 Å². The van der Waals surface area contributed by atoms with Crippen LogP contribution in [0.4, 0.5) is 4.79 Å². The molecule has 9 nitrogen and oxygen atoms in total. The van der Waals surface area contributed by atoms with Gasteiger partial charge in [-0.25, -0.2) is 4.79 Å². The molecule has 2 saturated heterocycles. The third-order valence-corrected chi connectivity index (χ3v) is 6.60. The van der Waals surface area contributed by atoms with Gasteiger partial charge < -0.3 is 33.9 Å². The van der Waals surface area contributed by atoms with Gasteiger partial charge in [-0.15, -0.1) is 0 Å². The highest BCUT2D eigenvalue weighted by Crippen LogP contribution is 2.48. The molecule has 0 aromatic heterocycles. The number of urea groups is 1. The van der Waals surface area contributed by atoms with Crippen molar-refractivity contribution >= 4 is 12.0 Å². The van der Waals surface area contributed by atoms with Gasteiger partial charge in [0.25, 0.3) is 0 Å². The summed E-state index contributed by atoms with van der Waals surface area (Å²) >= 11 is 0. The number of hydrogen-bond donors (Lipinski definition) is 1. The predicted molar refractivity (Wildman–Crippen MR) is 117 cm³/mol. The van der Waals surface area contributed by atoms with Crippen LogP contribution in [0.15, 0.2) is 42.5 Å². The van der Waals surface area contributed by atoms with Crippen molar-refractivity contribution < 1.29 is 33.6 Å². The van der Waals surface area contributed by atoms with Gasteiger partial charge in [-0.3, -0.25) is 4.79 Å². The molecule has 2 aromatic rings. The fourth-order valence-corrected chi connectivity index (χ4v) is 4.94. The highest BCUT2D eigenvalue weighted by molar-refractivity contribution is 5.80. The summed E-state index contributed by atoms with van der Waals surface area (Å²) < 4.78 is 21.6. The molecule has 2 amide bonds. The van der Waals surface area contributed by atoms with Crippen molar-refractivity contribution in [2.24, 2.45) is 5.92 Å². The largest absolute Gasteiger partial charge is 0.497 e. The molecule has 5 rings (SSSR count). The van der Waals surface area contributed by atoms with Crippen molar-refractivity contribution in [2.75, 3.05) is 46.8 Å². The lowest BCUT2D eigenvalue weighted by Gasteiger charge is -2.34. The van der Waals surface area contributed by atoms with Gasteiger partial charge >= 0.3 is 12.0 Å². The number of hydrogen-bond acceptors (Lipinski definition) is 6. The molecule has 3 atom stereocenters. The third kappa shape index (κ3) is 3.93. The molecular formula is C24H26N2O7. The van der Waals surface area contributed by atoms with Crippen molar-refractivity contribution in [3.63, 3.8) is 0 Å². The fourth-order valence-electron chi connectivity index (χ4n) is 4.94. The molecule has 0 spiro atoms. The van der Waals surface area contributed by atoms with Gasteiger partial charge in [0.15, 0.2) is 11.5 Å². The molecule has 2 fully saturated rings. The van der Waals surface area contributed by atoms with Crippen LogP contribution in [0.1, 0.15) is 23.1 Å². The molecule has 0 aliphatic carbocycles. The van der Waals surface area contributed by atoms with E-state index in [0.717, 1.165) is 11.1 Å². The van der Waals surface area contributed by atoms with Crippen molar-refractivity contribution in [1.29, 1.82) is 0 Å². The van der Waals surface area contributed by atoms with E-state index >= 15 is 0 Å². The van der Waals surface area contributed by atoms with Gasteiger partial charge in [0.1, 0.15) is 5.75 Å². The number of ether oxygens (including phenoxy) is 4. The molecular weight excluding hydrogens is 428 g/mol. The summed E-state index contributed by atoms with van der Waals surface area (Å²) in [5.74, 6) is -0.289. The number of methoxy groups -OCH3 is 1. The standard InChI is InChI=1S/C24H26N2O7/c1-30-17-5-2-15(3-6-17)22-21(23(27)28)18(16-4-7-19-20(12-16)33-14-32-19)13-26(22)24(29)25-8-10-31-11-9-25/h2-7,12,18,21-22H,8-11,13-14H2,1H3,(H,27,28). The summed E-state index contributed by atoms with van der Waals surface area (Å²) in [4.78, 5) is 29.6. The number of benzene rings is 2. The molecule has 3 aliphatic rings. The predicted octanol–water partition coefficient (Wildman–Crippen LogP) is 2.72. The maximum absolute atomic E-state index is 13.6. The van der Waals surface area contributed by atoms with E-state index in [9.17, 15) is 14.7 Å². The first-order valence-electron chi connectivity index (χ1n) is 11.0. The number of nitrogens with zero attached hydrogens (tertiary/aromatic N) is 2. The second kappa shape index (κ2) is 8.82. The van der Waals surface area contributed by atoms with E-state index in [0.29, 0.717) is 43.6 Å². The lowest BCUT2D eigenvalue weighted by Crippen LogP contribution is -2.48. The van der Waals surface area contributed by atoms with Gasteiger partial charge in [-0.1, -0.05) is 18.2 Å². The van der Waals surface area contributed by atoms with Crippen LogP contribution in [0.25, 0.3) is 0 Å². The van der Waals surface area contributed by atoms with Gasteiger partial charge in [-0.05, 0) is 35.4 Å². The van der Waals surface area contributed by atoms with E-state index in [2.05, 4.69) is 0 Å². The zero-order valence-electron chi connectivity index (χ0n) is 18.3. The Morgan fingerprint density at radius 1 is 1.00 bits per heavy atom. The van der Waals surface area contributed by atoms with Crippen molar-refractivity contribution in [3.05, 3.63) is 53.6 Å². The summed E-state index contributed by atoms with van der Waals surface area (Å²) in [6.45, 7) is 2.33. The molecule has 0 radical (unpaired) electrons. The van der Waals surface area contributed by atoms with Crippen LogP contribution in [0.2, 0.25) is 0 Å². The van der Waals surface area contributed by atoms with E-state index in [1.165, 1.54) is 0 Å². The number of rotatable bonds is 4. The highest BCUT2D eigenvalue weighted by Gasteiger charge is 2.50. The molecule has 3 unspecified atom stereocenters. The molecule has 174 valence electrons. The second-order valence-electron chi connectivity index (χ2n) is 8.34. The molecule has 33 heavy (non-hydrogen) atoms. The number of fused-ring (bicyclic) bond motifs is 1. The first-order chi connectivity index (χ1) is 16.1. The van der Waals surface area contributed by atoms with E-state index in [-0.39, 0.29) is 19.4 Å². The molecule has 0 saturated carbocycles. The Hall–Kier alpha value is -3.46. The quantitative estimate of drug-likeness (QED) is 0.759. The molecule has 3 aliphatic heterocycles. The molecule has 0 bridgehead atoms. The fraction of sp³-hybridized carbons (Fsp3) is 0.417. The Kier molecular flexibility index (Phi) is 5.72. The average Bonchev–Trinajstić information content (AvgIpc) is 3.48. The van der Waals surface area contributed by atoms with Crippen molar-refractivity contribution in [3.8, 4) is 17.2 Å². The van der Waals surface area contributed by atoms with Crippen LogP contribution in [0, 0.1) is 5.92 Å². The molecule has 1 N–H and O–H groups in total. The summed E-state index contributed by atoms with van der Waals surface area (Å²) in [6, 6.07) is 11.9. The smallest absolute Gasteiger partial charge is 0.320 e. The Morgan fingerprint density at radius 3 is 2.39 bits per heavy atom. The number of carboxylic acids is 1. The van der Waals surface area contributed by atoms with Crippen LogP contribution in [-0.2, 0) is 9.53 Å². The van der Waals surface area contributed by atoms with Crippen LogP contribution in [0.3, 0.4) is 0 Å². The summed E-state index contributed by atoms with van der Waals surface area (Å²) in [7, 11) is 1.58. The minimum absolute atomic E-state index is 0.141. The van der Waals surface area contributed by atoms with Crippen LogP contribution in [0.5, 0.6) is 17.2 Å². The lowest BCUT2D eigenvalue weighted by molar-refractivity contribution is -0.143. The number of amides is 2. The van der Waals surface area contributed by atoms with Crippen molar-refractivity contribution in [1.82, 2.24) is 9.80 Å². The Balaban J connectivity index is 1.54. The number of morpholine rings is 1. The van der Waals surface area contributed by atoms with Crippen LogP contribution >= 0.6 is 0 Å². The Bertz CT molecular complexity index is 1040. The van der Waals surface area contributed by atoms with Gasteiger partial charge in [-0.2, -0.15) is 0 Å². The molecule has 9 heteroatoms. The maximum Gasteiger partial charge on any atom is 0.320 e. The number of carbonyl (C=O) groups excluding carboxylic acids is 1. The summed E-state index contributed by atoms with van der Waals surface area (Å²) in [5.41, 5.74) is 1.57. The van der Waals surface area contributed by atoms with E-state index in [1.54, 1.807) is 35.1 Å². The zero-order valence-corrected chi connectivity index (χ0v) is 18.3. The maximum atomic E-state index is 13.6. The third-order valence-electron chi connectivity index (χ3n) is 6.60. The normalized spacial score (nSPS) is 24.1. The van der Waals surface area contributed by atoms with Gasteiger partial charge in [0.2, 0.25) is 6.79 Å². The van der Waals surface area contributed by atoms with Gasteiger partial charge in [0, 0.05) is 25.6 Å². The topological polar surface area (TPSA) is 97.8 Å². The molecule has 2 aromatic carbocycles. The summed E-state index contributed by atoms with van der Waals surface area (Å²) in [5, 5.41) is 10.3. The first kappa shape index (κ1) is 21.4. The van der Waals surface area contributed by atoms with Crippen LogP contribution < -0.4 is 14.2 Å². The molecule has 3 heterocycles. The number of carboxylic acid groups (broad SMARTS) is 1. The van der Waals surface area contributed by atoms with E-state index in [4.69, 9.17) is 18.9 Å². The highest BCUT2D eigenvalue weighted by atomic mass is 16.7. The summed E-state index contributed by atoms with van der Waals surface area (Å²) in [6.07, 6.45) is 0. The van der Waals surface area contributed by atoms with Crippen molar-refractivity contribution in [2.45, 2.75) is 12.0 Å². The minimum atomic E-state index is -0.948. The first-order valence-corrected chi connectivity index (χ1v) is 11.0. The zero-order chi connectivity index (χ0) is 22.9. The number of likely N-dealkylation sites (tertiary alicyclic amines) is 1. The van der Waals surface area contributed by atoms with Crippen LogP contribution in [-0.4, -0.2) is 73.7 Å².